The van der Waals surface area contributed by atoms with Crippen LogP contribution < -0.4 is 10.6 Å². The van der Waals surface area contributed by atoms with Crippen molar-refractivity contribution in [2.45, 2.75) is 6.54 Å². The van der Waals surface area contributed by atoms with Crippen molar-refractivity contribution < 1.29 is 0 Å². The van der Waals surface area contributed by atoms with Crippen LogP contribution in [0.15, 0.2) is 24.9 Å². The zero-order valence-corrected chi connectivity index (χ0v) is 12.1. The summed E-state index contributed by atoms with van der Waals surface area (Å²) in [6.07, 6.45) is 6.69. The lowest BCUT2D eigenvalue weighted by atomic mass is 10.2. The van der Waals surface area contributed by atoms with Crippen LogP contribution in [0.5, 0.6) is 0 Å². The van der Waals surface area contributed by atoms with Crippen molar-refractivity contribution in [1.82, 2.24) is 24.8 Å². The van der Waals surface area contributed by atoms with Crippen molar-refractivity contribution in [3.8, 4) is 6.07 Å². The Morgan fingerprint density at radius 1 is 1.14 bits per heavy atom. The number of hydrogen-bond acceptors (Lipinski definition) is 8. The van der Waals surface area contributed by atoms with E-state index >= 15 is 0 Å². The molecule has 0 unspecified atom stereocenters. The monoisotopic (exact) mass is 296 g/mol. The molecule has 112 valence electrons. The van der Waals surface area contributed by atoms with Crippen molar-refractivity contribution in [2.75, 3.05) is 36.8 Å². The zero-order chi connectivity index (χ0) is 15.4. The van der Waals surface area contributed by atoms with Crippen molar-refractivity contribution >= 4 is 11.8 Å². The Morgan fingerprint density at radius 3 is 2.50 bits per heavy atom. The number of anilines is 2. The molecule has 1 aliphatic rings. The number of nitriles is 1. The molecule has 1 fully saturated rings. The molecule has 0 radical (unpaired) electrons. The summed E-state index contributed by atoms with van der Waals surface area (Å²) < 4.78 is 0. The summed E-state index contributed by atoms with van der Waals surface area (Å²) in [6, 6.07) is 1.97. The minimum Gasteiger partial charge on any atom is -0.382 e. The van der Waals surface area contributed by atoms with Crippen LogP contribution in [0.2, 0.25) is 0 Å². The molecule has 0 amide bonds. The molecule has 2 N–H and O–H groups in total. The van der Waals surface area contributed by atoms with Gasteiger partial charge >= 0.3 is 0 Å². The van der Waals surface area contributed by atoms with Gasteiger partial charge in [0.05, 0.1) is 6.20 Å². The van der Waals surface area contributed by atoms with Gasteiger partial charge in [-0.05, 0) is 0 Å². The molecule has 1 aliphatic heterocycles. The highest BCUT2D eigenvalue weighted by Gasteiger charge is 2.19. The highest BCUT2D eigenvalue weighted by Crippen LogP contribution is 2.15. The van der Waals surface area contributed by atoms with Crippen LogP contribution in [0, 0.1) is 11.3 Å². The molecule has 0 aliphatic carbocycles. The summed E-state index contributed by atoms with van der Waals surface area (Å²) in [5.74, 6) is 0.815. The minimum atomic E-state index is 0.233. The summed E-state index contributed by atoms with van der Waals surface area (Å²) in [6.45, 7) is 4.28. The van der Waals surface area contributed by atoms with Crippen LogP contribution in [0.25, 0.3) is 0 Å². The number of aromatic nitrogens is 4. The first kappa shape index (κ1) is 14.2. The van der Waals surface area contributed by atoms with E-state index in [9.17, 15) is 0 Å². The van der Waals surface area contributed by atoms with Gasteiger partial charge in [-0.15, -0.1) is 0 Å². The number of piperazine rings is 1. The lowest BCUT2D eigenvalue weighted by Crippen LogP contribution is -2.46. The Kier molecular flexibility index (Phi) is 4.07. The van der Waals surface area contributed by atoms with Crippen molar-refractivity contribution in [2.24, 2.45) is 0 Å². The van der Waals surface area contributed by atoms with E-state index in [0.29, 0.717) is 11.5 Å². The van der Waals surface area contributed by atoms with Crippen LogP contribution in [0.4, 0.5) is 11.8 Å². The molecule has 0 spiro atoms. The highest BCUT2D eigenvalue weighted by atomic mass is 15.3. The van der Waals surface area contributed by atoms with Crippen LogP contribution in [0.3, 0.4) is 0 Å². The van der Waals surface area contributed by atoms with E-state index in [1.807, 2.05) is 18.5 Å². The van der Waals surface area contributed by atoms with E-state index in [-0.39, 0.29) is 5.82 Å². The Labute approximate surface area is 128 Å². The predicted octanol–water partition coefficient (Wildman–Crippen LogP) is 0.0427. The van der Waals surface area contributed by atoms with Gasteiger partial charge in [0.1, 0.15) is 23.8 Å². The normalized spacial score (nSPS) is 15.5. The molecule has 8 nitrogen and oxygen atoms in total. The minimum absolute atomic E-state index is 0.233. The third-order valence-electron chi connectivity index (χ3n) is 3.60. The first-order chi connectivity index (χ1) is 10.8. The topological polar surface area (TPSA) is 108 Å². The van der Waals surface area contributed by atoms with Crippen molar-refractivity contribution in [1.29, 1.82) is 5.26 Å². The Hall–Kier alpha value is -2.79. The molecule has 3 heterocycles. The van der Waals surface area contributed by atoms with Crippen molar-refractivity contribution in [3.63, 3.8) is 0 Å². The first-order valence-corrected chi connectivity index (χ1v) is 7.00. The van der Waals surface area contributed by atoms with Crippen LogP contribution in [-0.2, 0) is 6.54 Å². The van der Waals surface area contributed by atoms with Crippen LogP contribution in [0.1, 0.15) is 11.1 Å². The lowest BCUT2D eigenvalue weighted by molar-refractivity contribution is 0.248. The second-order valence-corrected chi connectivity index (χ2v) is 5.09. The molecule has 0 aromatic carbocycles. The maximum Gasteiger partial charge on any atom is 0.227 e. The largest absolute Gasteiger partial charge is 0.382 e. The van der Waals surface area contributed by atoms with Gasteiger partial charge in [0.2, 0.25) is 5.95 Å². The average Bonchev–Trinajstić information content (AvgIpc) is 2.56. The zero-order valence-electron chi connectivity index (χ0n) is 12.1. The number of nitrogens with two attached hydrogens (primary N) is 1. The highest BCUT2D eigenvalue weighted by molar-refractivity contribution is 5.50. The number of rotatable bonds is 3. The Morgan fingerprint density at radius 2 is 1.86 bits per heavy atom. The molecule has 2 aromatic rings. The third-order valence-corrected chi connectivity index (χ3v) is 3.60. The molecule has 8 heteroatoms. The van der Waals surface area contributed by atoms with Crippen molar-refractivity contribution in [3.05, 3.63) is 36.0 Å². The molecular formula is C14H16N8. The Bertz CT molecular complexity index is 673. The molecule has 22 heavy (non-hydrogen) atoms. The van der Waals surface area contributed by atoms with E-state index in [0.717, 1.165) is 38.3 Å². The molecule has 0 atom stereocenters. The molecule has 0 bridgehead atoms. The fraction of sp³-hybridized carbons (Fsp3) is 0.357. The second-order valence-electron chi connectivity index (χ2n) is 5.09. The Balaban J connectivity index is 1.60. The first-order valence-electron chi connectivity index (χ1n) is 7.00. The second kappa shape index (κ2) is 6.32. The molecule has 1 saturated heterocycles. The van der Waals surface area contributed by atoms with E-state index in [2.05, 4.69) is 29.7 Å². The van der Waals surface area contributed by atoms with Gasteiger partial charge in [-0.1, -0.05) is 0 Å². The summed E-state index contributed by atoms with van der Waals surface area (Å²) in [7, 11) is 0. The molecule has 0 saturated carbocycles. The van der Waals surface area contributed by atoms with Gasteiger partial charge in [-0.2, -0.15) is 10.2 Å². The van der Waals surface area contributed by atoms with Gasteiger partial charge in [0, 0.05) is 50.7 Å². The maximum atomic E-state index is 8.85. The average molecular weight is 296 g/mol. The SMILES string of the molecule is N#Cc1cnc(N2CCN(Cc3cncnc3)CC2)nc1N. The van der Waals surface area contributed by atoms with Crippen LogP contribution in [-0.4, -0.2) is 51.0 Å². The summed E-state index contributed by atoms with van der Waals surface area (Å²) in [5.41, 5.74) is 7.16. The van der Waals surface area contributed by atoms with E-state index in [1.165, 1.54) is 12.5 Å². The summed E-state index contributed by atoms with van der Waals surface area (Å²) >= 11 is 0. The van der Waals surface area contributed by atoms with E-state index < -0.39 is 0 Å². The maximum absolute atomic E-state index is 8.85. The quantitative estimate of drug-likeness (QED) is 0.846. The van der Waals surface area contributed by atoms with E-state index in [1.54, 1.807) is 0 Å². The smallest absolute Gasteiger partial charge is 0.227 e. The number of nitrogen functional groups attached to an aromatic ring is 1. The fourth-order valence-corrected chi connectivity index (χ4v) is 2.40. The van der Waals surface area contributed by atoms with Crippen LogP contribution >= 0.6 is 0 Å². The predicted molar refractivity (Wildman–Crippen MR) is 80.7 cm³/mol. The molecular weight excluding hydrogens is 280 g/mol. The van der Waals surface area contributed by atoms with Gasteiger partial charge in [0.25, 0.3) is 0 Å². The number of nitrogens with zero attached hydrogens (tertiary/aromatic N) is 7. The van der Waals surface area contributed by atoms with Gasteiger partial charge in [0.15, 0.2) is 0 Å². The third kappa shape index (κ3) is 3.10. The fourth-order valence-electron chi connectivity index (χ4n) is 2.40. The number of hydrogen-bond donors (Lipinski definition) is 1. The van der Waals surface area contributed by atoms with Gasteiger partial charge in [-0.3, -0.25) is 4.90 Å². The molecule has 3 rings (SSSR count). The standard InChI is InChI=1S/C14H16N8/c15-5-12-8-19-14(20-13(12)16)22-3-1-21(2-4-22)9-11-6-17-10-18-7-11/h6-8,10H,1-4,9H2,(H2,16,19,20). The van der Waals surface area contributed by atoms with Gasteiger partial charge < -0.3 is 10.6 Å². The lowest BCUT2D eigenvalue weighted by Gasteiger charge is -2.34. The van der Waals surface area contributed by atoms with Gasteiger partial charge in [-0.25, -0.2) is 15.0 Å². The summed E-state index contributed by atoms with van der Waals surface area (Å²) in [5, 5.41) is 8.85. The molecule has 2 aromatic heterocycles. The summed E-state index contributed by atoms with van der Waals surface area (Å²) in [4.78, 5) is 20.9. The van der Waals surface area contributed by atoms with E-state index in [4.69, 9.17) is 11.0 Å².